The summed E-state index contributed by atoms with van der Waals surface area (Å²) in [5, 5.41) is 6.08. The number of hydrogen-bond donors (Lipinski definition) is 1. The highest BCUT2D eigenvalue weighted by Gasteiger charge is 2.14. The van der Waals surface area contributed by atoms with Gasteiger partial charge in [-0.15, -0.1) is 11.3 Å². The molecule has 1 rings (SSSR count). The lowest BCUT2D eigenvalue weighted by Gasteiger charge is -2.13. The summed E-state index contributed by atoms with van der Waals surface area (Å²) in [5.74, 6) is 0.102. The first-order chi connectivity index (χ1) is 7.04. The molecule has 0 spiro atoms. The molecule has 0 fully saturated rings. The minimum atomic E-state index is 0.0106. The average Bonchev–Trinajstić information content (AvgIpc) is 2.65. The maximum absolute atomic E-state index is 11.5. The molecule has 0 aromatic carbocycles. The Hall–Kier alpha value is -0.900. The largest absolute Gasteiger partial charge is 0.348 e. The number of rotatable bonds is 4. The van der Waals surface area contributed by atoms with Gasteiger partial charge in [-0.05, 0) is 13.3 Å². The van der Waals surface area contributed by atoms with Gasteiger partial charge in [-0.1, -0.05) is 20.8 Å². The van der Waals surface area contributed by atoms with E-state index in [9.17, 15) is 4.79 Å². The third-order valence-corrected chi connectivity index (χ3v) is 3.21. The van der Waals surface area contributed by atoms with Gasteiger partial charge in [-0.2, -0.15) is 0 Å². The van der Waals surface area contributed by atoms with Gasteiger partial charge in [-0.25, -0.2) is 4.98 Å². The molecule has 4 heteroatoms. The second-order valence-electron chi connectivity index (χ2n) is 3.90. The number of nitrogens with zero attached hydrogens (tertiary/aromatic N) is 1. The third kappa shape index (κ3) is 3.30. The summed E-state index contributed by atoms with van der Waals surface area (Å²) in [4.78, 5) is 15.9. The molecule has 0 aliphatic rings. The fourth-order valence-corrected chi connectivity index (χ4v) is 1.98. The Balaban J connectivity index is 2.60. The zero-order valence-corrected chi connectivity index (χ0v) is 10.5. The number of hydrogen-bond acceptors (Lipinski definition) is 3. The molecule has 1 unspecified atom stereocenters. The number of aryl methyl sites for hydroxylation is 1. The molecular formula is C11H18N2OS. The van der Waals surface area contributed by atoms with Crippen LogP contribution in [0.1, 0.15) is 44.4 Å². The van der Waals surface area contributed by atoms with Crippen LogP contribution in [0.4, 0.5) is 0 Å². The van der Waals surface area contributed by atoms with Crippen molar-refractivity contribution in [2.45, 2.75) is 40.2 Å². The maximum Gasteiger partial charge on any atom is 0.223 e. The second-order valence-corrected chi connectivity index (χ2v) is 4.85. The van der Waals surface area contributed by atoms with E-state index in [0.717, 1.165) is 17.1 Å². The number of carbonyl (C=O) groups is 1. The number of nitrogens with one attached hydrogen (secondary N) is 1. The van der Waals surface area contributed by atoms with Crippen LogP contribution in [0, 0.1) is 5.92 Å². The highest BCUT2D eigenvalue weighted by Crippen LogP contribution is 2.17. The number of amides is 1. The molecule has 1 amide bonds. The zero-order chi connectivity index (χ0) is 11.4. The van der Waals surface area contributed by atoms with Crippen LogP contribution in [0.25, 0.3) is 0 Å². The lowest BCUT2D eigenvalue weighted by Crippen LogP contribution is -2.30. The normalized spacial score (nSPS) is 12.9. The van der Waals surface area contributed by atoms with Crippen LogP contribution in [0.5, 0.6) is 0 Å². The van der Waals surface area contributed by atoms with Crippen LogP contribution >= 0.6 is 11.3 Å². The lowest BCUT2D eigenvalue weighted by atomic mass is 10.2. The van der Waals surface area contributed by atoms with E-state index in [1.54, 1.807) is 11.3 Å². The predicted octanol–water partition coefficient (Wildman–Crippen LogP) is 2.54. The molecule has 84 valence electrons. The maximum atomic E-state index is 11.5. The van der Waals surface area contributed by atoms with E-state index in [-0.39, 0.29) is 17.9 Å². The van der Waals surface area contributed by atoms with Gasteiger partial charge in [0, 0.05) is 11.3 Å². The van der Waals surface area contributed by atoms with Gasteiger partial charge in [-0.3, -0.25) is 4.79 Å². The average molecular weight is 226 g/mol. The molecule has 1 heterocycles. The smallest absolute Gasteiger partial charge is 0.223 e. The fraction of sp³-hybridized carbons (Fsp3) is 0.636. The summed E-state index contributed by atoms with van der Waals surface area (Å²) in [5.41, 5.74) is 0.964. The second kappa shape index (κ2) is 5.26. The van der Waals surface area contributed by atoms with Crippen LogP contribution < -0.4 is 5.32 Å². The van der Waals surface area contributed by atoms with Gasteiger partial charge in [0.25, 0.3) is 0 Å². The van der Waals surface area contributed by atoms with Crippen molar-refractivity contribution in [1.82, 2.24) is 10.3 Å². The molecule has 15 heavy (non-hydrogen) atoms. The van der Waals surface area contributed by atoms with Crippen molar-refractivity contribution in [3.05, 3.63) is 16.1 Å². The number of aromatic nitrogens is 1. The van der Waals surface area contributed by atoms with Crippen LogP contribution in [0.3, 0.4) is 0 Å². The predicted molar refractivity (Wildman–Crippen MR) is 62.9 cm³/mol. The SMILES string of the molecule is CCc1nc(C(C)NC(=O)C(C)C)cs1. The van der Waals surface area contributed by atoms with Gasteiger partial charge in [0.2, 0.25) is 5.91 Å². The zero-order valence-electron chi connectivity index (χ0n) is 9.70. The third-order valence-electron chi connectivity index (χ3n) is 2.20. The molecule has 1 aromatic heterocycles. The Bertz CT molecular complexity index is 333. The van der Waals surface area contributed by atoms with Gasteiger partial charge in [0.05, 0.1) is 16.7 Å². The van der Waals surface area contributed by atoms with Gasteiger partial charge < -0.3 is 5.32 Å². The molecule has 0 radical (unpaired) electrons. The topological polar surface area (TPSA) is 42.0 Å². The Labute approximate surface area is 94.9 Å². The molecule has 0 aliphatic heterocycles. The molecule has 0 saturated carbocycles. The summed E-state index contributed by atoms with van der Waals surface area (Å²) >= 11 is 1.65. The molecule has 3 nitrogen and oxygen atoms in total. The standard InChI is InChI=1S/C11H18N2OS/c1-5-10-13-9(6-15-10)8(4)12-11(14)7(2)3/h6-8H,5H2,1-4H3,(H,12,14). The van der Waals surface area contributed by atoms with E-state index >= 15 is 0 Å². The molecule has 1 atom stereocenters. The van der Waals surface area contributed by atoms with Crippen LogP contribution in [0.15, 0.2) is 5.38 Å². The van der Waals surface area contributed by atoms with Gasteiger partial charge in [0.1, 0.15) is 0 Å². The van der Waals surface area contributed by atoms with Crippen molar-refractivity contribution >= 4 is 17.2 Å². The van der Waals surface area contributed by atoms with E-state index in [2.05, 4.69) is 17.2 Å². The highest BCUT2D eigenvalue weighted by atomic mass is 32.1. The van der Waals surface area contributed by atoms with E-state index in [4.69, 9.17) is 0 Å². The lowest BCUT2D eigenvalue weighted by molar-refractivity contribution is -0.124. The summed E-state index contributed by atoms with van der Waals surface area (Å²) < 4.78 is 0. The molecular weight excluding hydrogens is 208 g/mol. The van der Waals surface area contributed by atoms with E-state index < -0.39 is 0 Å². The van der Waals surface area contributed by atoms with Crippen molar-refractivity contribution in [2.75, 3.05) is 0 Å². The Morgan fingerprint density at radius 3 is 2.67 bits per heavy atom. The summed E-state index contributed by atoms with van der Waals surface area (Å²) in [6.45, 7) is 7.83. The van der Waals surface area contributed by atoms with Crippen LogP contribution in [-0.4, -0.2) is 10.9 Å². The molecule has 1 N–H and O–H groups in total. The molecule has 0 aliphatic carbocycles. The first kappa shape index (κ1) is 12.2. The van der Waals surface area contributed by atoms with Crippen molar-refractivity contribution < 1.29 is 4.79 Å². The number of thiazole rings is 1. The fourth-order valence-electron chi connectivity index (χ4n) is 1.14. The van der Waals surface area contributed by atoms with E-state index in [1.165, 1.54) is 0 Å². The minimum absolute atomic E-state index is 0.0106. The highest BCUT2D eigenvalue weighted by molar-refractivity contribution is 7.09. The van der Waals surface area contributed by atoms with Crippen molar-refractivity contribution in [2.24, 2.45) is 5.92 Å². The summed E-state index contributed by atoms with van der Waals surface area (Å²) in [6, 6.07) is 0.0106. The van der Waals surface area contributed by atoms with E-state index in [0.29, 0.717) is 0 Å². The molecule has 0 saturated heterocycles. The first-order valence-corrected chi connectivity index (χ1v) is 6.17. The van der Waals surface area contributed by atoms with Gasteiger partial charge >= 0.3 is 0 Å². The van der Waals surface area contributed by atoms with Crippen molar-refractivity contribution in [3.63, 3.8) is 0 Å². The van der Waals surface area contributed by atoms with Crippen LogP contribution in [0.2, 0.25) is 0 Å². The molecule has 1 aromatic rings. The number of carbonyl (C=O) groups excluding carboxylic acids is 1. The van der Waals surface area contributed by atoms with Crippen LogP contribution in [-0.2, 0) is 11.2 Å². The van der Waals surface area contributed by atoms with Crippen molar-refractivity contribution in [3.8, 4) is 0 Å². The molecule has 0 bridgehead atoms. The summed E-state index contributed by atoms with van der Waals surface area (Å²) in [6.07, 6.45) is 0.954. The monoisotopic (exact) mass is 226 g/mol. The Morgan fingerprint density at radius 1 is 1.53 bits per heavy atom. The first-order valence-electron chi connectivity index (χ1n) is 5.29. The quantitative estimate of drug-likeness (QED) is 0.857. The Kier molecular flexibility index (Phi) is 4.27. The van der Waals surface area contributed by atoms with E-state index in [1.807, 2.05) is 26.2 Å². The Morgan fingerprint density at radius 2 is 2.20 bits per heavy atom. The van der Waals surface area contributed by atoms with Crippen molar-refractivity contribution in [1.29, 1.82) is 0 Å². The summed E-state index contributed by atoms with van der Waals surface area (Å²) in [7, 11) is 0. The van der Waals surface area contributed by atoms with Gasteiger partial charge in [0.15, 0.2) is 0 Å². The minimum Gasteiger partial charge on any atom is -0.348 e.